The molecule has 1 atom stereocenters. The van der Waals surface area contributed by atoms with Crippen molar-refractivity contribution in [1.82, 2.24) is 9.91 Å². The van der Waals surface area contributed by atoms with E-state index in [1.165, 1.54) is 27.7 Å². The van der Waals surface area contributed by atoms with Gasteiger partial charge in [-0.2, -0.15) is 5.10 Å². The lowest BCUT2D eigenvalue weighted by molar-refractivity contribution is -0.139. The van der Waals surface area contributed by atoms with Crippen LogP contribution in [-0.4, -0.2) is 59.4 Å². The molecule has 0 aromatic heterocycles. The molecule has 0 radical (unpaired) electrons. The van der Waals surface area contributed by atoms with Crippen LogP contribution in [0, 0.1) is 0 Å². The quantitative estimate of drug-likeness (QED) is 0.447. The number of hydrogen-bond donors (Lipinski definition) is 0. The summed E-state index contributed by atoms with van der Waals surface area (Å²) in [5, 5.41) is 6.51. The van der Waals surface area contributed by atoms with Crippen LogP contribution in [0.5, 0.6) is 5.75 Å². The normalized spacial score (nSPS) is 18.9. The zero-order chi connectivity index (χ0) is 24.1. The molecule has 4 rings (SSSR count). The number of thioether (sulfide) groups is 1. The molecule has 0 bridgehead atoms. The lowest BCUT2D eigenvalue weighted by Gasteiger charge is -2.25. The molecule has 1 unspecified atom stereocenters. The number of carbonyl (C=O) groups excluding carboxylic acids is 3. The van der Waals surface area contributed by atoms with E-state index in [0.29, 0.717) is 11.4 Å². The first-order valence-electron chi connectivity index (χ1n) is 10.9. The summed E-state index contributed by atoms with van der Waals surface area (Å²) in [6.45, 7) is 1.73. The van der Waals surface area contributed by atoms with Crippen molar-refractivity contribution >= 4 is 35.3 Å². The largest absolute Gasteiger partial charge is 0.497 e. The van der Waals surface area contributed by atoms with Crippen molar-refractivity contribution in [2.24, 2.45) is 5.10 Å². The summed E-state index contributed by atoms with van der Waals surface area (Å²) in [6.07, 6.45) is 1.80. The van der Waals surface area contributed by atoms with Crippen LogP contribution in [0.4, 0.5) is 0 Å². The Balaban J connectivity index is 1.60. The molecule has 0 spiro atoms. The van der Waals surface area contributed by atoms with Crippen LogP contribution >= 0.6 is 11.8 Å². The van der Waals surface area contributed by atoms with E-state index in [-0.39, 0.29) is 36.8 Å². The van der Waals surface area contributed by atoms with E-state index in [9.17, 15) is 14.4 Å². The number of nitrogens with zero attached hydrogens (tertiary/aromatic N) is 3. The molecular formula is C25H25N3O5S. The van der Waals surface area contributed by atoms with Gasteiger partial charge >= 0.3 is 5.97 Å². The van der Waals surface area contributed by atoms with Crippen LogP contribution in [0.25, 0.3) is 0 Å². The molecule has 9 heteroatoms. The second-order valence-corrected chi connectivity index (χ2v) is 8.64. The second kappa shape index (κ2) is 10.6. The molecule has 0 saturated carbocycles. The van der Waals surface area contributed by atoms with Crippen molar-refractivity contribution in [3.8, 4) is 5.75 Å². The summed E-state index contributed by atoms with van der Waals surface area (Å²) in [7, 11) is 1.60. The maximum atomic E-state index is 13.4. The smallest absolute Gasteiger partial charge is 0.333 e. The average Bonchev–Trinajstić information content (AvgIpc) is 3.45. The third-order valence-corrected chi connectivity index (χ3v) is 6.53. The van der Waals surface area contributed by atoms with Crippen LogP contribution in [0.15, 0.2) is 70.8 Å². The fourth-order valence-electron chi connectivity index (χ4n) is 3.82. The van der Waals surface area contributed by atoms with Crippen LogP contribution < -0.4 is 4.74 Å². The second-order valence-electron chi connectivity index (χ2n) is 7.65. The van der Waals surface area contributed by atoms with E-state index in [1.54, 1.807) is 14.0 Å². The SMILES string of the molecule is CCOC(=O)/C=C1\SCC(=O)N1CC(=O)N1N=C(c2ccccc2)CC1c1ccc(OC)cc1. The maximum absolute atomic E-state index is 13.4. The van der Waals surface area contributed by atoms with Crippen LogP contribution in [0.3, 0.4) is 0 Å². The number of methoxy groups -OCH3 is 1. The molecule has 2 aromatic rings. The van der Waals surface area contributed by atoms with Gasteiger partial charge in [-0.15, -0.1) is 0 Å². The highest BCUT2D eigenvalue weighted by Gasteiger charge is 2.36. The van der Waals surface area contributed by atoms with E-state index < -0.39 is 5.97 Å². The van der Waals surface area contributed by atoms with Crippen molar-refractivity contribution in [2.75, 3.05) is 26.0 Å². The highest BCUT2D eigenvalue weighted by atomic mass is 32.2. The topological polar surface area (TPSA) is 88.5 Å². The number of amides is 2. The third-order valence-electron chi connectivity index (χ3n) is 5.51. The number of hydrazone groups is 1. The van der Waals surface area contributed by atoms with Gasteiger partial charge in [0.15, 0.2) is 0 Å². The Kier molecular flexibility index (Phi) is 7.32. The molecule has 2 heterocycles. The van der Waals surface area contributed by atoms with Crippen molar-refractivity contribution in [3.05, 3.63) is 76.8 Å². The highest BCUT2D eigenvalue weighted by Crippen LogP contribution is 2.35. The van der Waals surface area contributed by atoms with Gasteiger partial charge in [0, 0.05) is 6.42 Å². The minimum Gasteiger partial charge on any atom is -0.497 e. The lowest BCUT2D eigenvalue weighted by atomic mass is 9.98. The summed E-state index contributed by atoms with van der Waals surface area (Å²) in [5.74, 6) is -0.228. The van der Waals surface area contributed by atoms with E-state index in [4.69, 9.17) is 9.47 Å². The molecule has 0 N–H and O–H groups in total. The fraction of sp³-hybridized carbons (Fsp3) is 0.280. The summed E-state index contributed by atoms with van der Waals surface area (Å²) in [5.41, 5.74) is 2.64. The van der Waals surface area contributed by atoms with Gasteiger partial charge in [0.2, 0.25) is 5.91 Å². The number of carbonyl (C=O) groups is 3. The van der Waals surface area contributed by atoms with E-state index in [2.05, 4.69) is 5.10 Å². The van der Waals surface area contributed by atoms with Gasteiger partial charge in [0.1, 0.15) is 12.3 Å². The predicted molar refractivity (Wildman–Crippen MR) is 129 cm³/mol. The van der Waals surface area contributed by atoms with Gasteiger partial charge in [-0.3, -0.25) is 14.5 Å². The Morgan fingerprint density at radius 1 is 1.15 bits per heavy atom. The Labute approximate surface area is 202 Å². The van der Waals surface area contributed by atoms with Crippen LogP contribution in [0.2, 0.25) is 0 Å². The van der Waals surface area contributed by atoms with Crippen molar-refractivity contribution in [3.63, 3.8) is 0 Å². The van der Waals surface area contributed by atoms with Gasteiger partial charge in [0.05, 0.1) is 42.3 Å². The summed E-state index contributed by atoms with van der Waals surface area (Å²) >= 11 is 1.21. The summed E-state index contributed by atoms with van der Waals surface area (Å²) in [4.78, 5) is 39.1. The van der Waals surface area contributed by atoms with Gasteiger partial charge in [-0.1, -0.05) is 54.2 Å². The molecule has 2 amide bonds. The molecule has 34 heavy (non-hydrogen) atoms. The van der Waals surface area contributed by atoms with Gasteiger partial charge in [0.25, 0.3) is 5.91 Å². The van der Waals surface area contributed by atoms with E-state index >= 15 is 0 Å². The fourth-order valence-corrected chi connectivity index (χ4v) is 4.75. The molecule has 1 fully saturated rings. The number of hydrogen-bond acceptors (Lipinski definition) is 7. The maximum Gasteiger partial charge on any atom is 0.333 e. The summed E-state index contributed by atoms with van der Waals surface area (Å²) in [6, 6.07) is 16.9. The zero-order valence-electron chi connectivity index (χ0n) is 19.0. The Morgan fingerprint density at radius 2 is 1.88 bits per heavy atom. The molecule has 2 aromatic carbocycles. The van der Waals surface area contributed by atoms with Crippen molar-refractivity contribution in [1.29, 1.82) is 0 Å². The summed E-state index contributed by atoms with van der Waals surface area (Å²) < 4.78 is 10.2. The monoisotopic (exact) mass is 479 g/mol. The van der Waals surface area contributed by atoms with E-state index in [0.717, 1.165) is 22.6 Å². The van der Waals surface area contributed by atoms with Crippen LogP contribution in [-0.2, 0) is 19.1 Å². The molecule has 0 aliphatic carbocycles. The Morgan fingerprint density at radius 3 is 2.56 bits per heavy atom. The zero-order valence-corrected chi connectivity index (χ0v) is 19.8. The molecule has 2 aliphatic heterocycles. The van der Waals surface area contributed by atoms with Gasteiger partial charge < -0.3 is 9.47 Å². The number of rotatable bonds is 7. The number of esters is 1. The molecular weight excluding hydrogens is 454 g/mol. The minimum absolute atomic E-state index is 0.166. The van der Waals surface area contributed by atoms with Gasteiger partial charge in [-0.05, 0) is 30.2 Å². The third kappa shape index (κ3) is 5.14. The molecule has 2 aliphatic rings. The number of ether oxygens (including phenoxy) is 2. The first-order valence-corrected chi connectivity index (χ1v) is 11.9. The first-order chi connectivity index (χ1) is 16.5. The van der Waals surface area contributed by atoms with E-state index in [1.807, 2.05) is 54.6 Å². The predicted octanol–water partition coefficient (Wildman–Crippen LogP) is 3.35. The van der Waals surface area contributed by atoms with Crippen molar-refractivity contribution < 1.29 is 23.9 Å². The van der Waals surface area contributed by atoms with Crippen molar-refractivity contribution in [2.45, 2.75) is 19.4 Å². The average molecular weight is 480 g/mol. The standard InChI is InChI=1S/C25H25N3O5S/c1-3-33-25(31)14-24-27(23(30)16-34-24)15-22(29)28-21(18-9-11-19(32-2)12-10-18)13-20(26-28)17-7-5-4-6-8-17/h4-12,14,21H,3,13,15-16H2,1-2H3/b24-14-. The molecule has 176 valence electrons. The highest BCUT2D eigenvalue weighted by molar-refractivity contribution is 8.04. The number of benzene rings is 2. The van der Waals surface area contributed by atoms with Gasteiger partial charge in [-0.25, -0.2) is 9.80 Å². The molecule has 8 nitrogen and oxygen atoms in total. The Hall–Kier alpha value is -3.59. The lowest BCUT2D eigenvalue weighted by Crippen LogP contribution is -2.38. The first kappa shape index (κ1) is 23.6. The van der Waals surface area contributed by atoms with Crippen LogP contribution in [0.1, 0.15) is 30.5 Å². The molecule has 1 saturated heterocycles. The minimum atomic E-state index is -0.543. The Bertz CT molecular complexity index is 1130.